The van der Waals surface area contributed by atoms with Gasteiger partial charge in [-0.05, 0) is 36.2 Å². The predicted octanol–water partition coefficient (Wildman–Crippen LogP) is 4.82. The Morgan fingerprint density at radius 1 is 1.35 bits per heavy atom. The molecule has 1 N–H and O–H groups in total. The van der Waals surface area contributed by atoms with E-state index in [1.54, 1.807) is 0 Å². The van der Waals surface area contributed by atoms with Gasteiger partial charge in [-0.1, -0.05) is 64.3 Å². The molecule has 2 heteroatoms. The lowest BCUT2D eigenvalue weighted by Gasteiger charge is -2.27. The van der Waals surface area contributed by atoms with Crippen LogP contribution >= 0.6 is 0 Å². The molecule has 0 fully saturated rings. The monoisotopic (exact) mass is 319 g/mol. The molecule has 23 heavy (non-hydrogen) atoms. The Morgan fingerprint density at radius 2 is 2.09 bits per heavy atom. The Kier molecular flexibility index (Phi) is 10.2. The number of aliphatic hydroxyl groups excluding tert-OH is 1. The summed E-state index contributed by atoms with van der Waals surface area (Å²) in [5.41, 5.74) is 1.38. The van der Waals surface area contributed by atoms with Crippen molar-refractivity contribution in [2.24, 2.45) is 17.8 Å². The van der Waals surface area contributed by atoms with Crippen LogP contribution in [0.5, 0.6) is 0 Å². The largest absolute Gasteiger partial charge is 0.395 e. The van der Waals surface area contributed by atoms with Crippen LogP contribution in [-0.4, -0.2) is 36.2 Å². The van der Waals surface area contributed by atoms with E-state index in [0.29, 0.717) is 11.8 Å². The van der Waals surface area contributed by atoms with E-state index in [4.69, 9.17) is 0 Å². The molecule has 0 spiro atoms. The first-order valence-corrected chi connectivity index (χ1v) is 9.45. The van der Waals surface area contributed by atoms with E-state index in [0.717, 1.165) is 32.0 Å². The third-order valence-corrected chi connectivity index (χ3v) is 5.13. The molecule has 0 aromatic carbocycles. The highest BCUT2D eigenvalue weighted by atomic mass is 16.3. The minimum atomic E-state index is 0.242. The molecule has 132 valence electrons. The molecule has 2 atom stereocenters. The van der Waals surface area contributed by atoms with Gasteiger partial charge in [-0.2, -0.15) is 0 Å². The Hall–Kier alpha value is -0.860. The van der Waals surface area contributed by atoms with Crippen LogP contribution in [0.25, 0.3) is 0 Å². The smallest absolute Gasteiger partial charge is 0.0558 e. The molecule has 0 radical (unpaired) electrons. The van der Waals surface area contributed by atoms with E-state index in [2.05, 4.69) is 50.5 Å². The van der Waals surface area contributed by atoms with E-state index in [9.17, 15) is 5.11 Å². The summed E-state index contributed by atoms with van der Waals surface area (Å²) < 4.78 is 0. The average Bonchev–Trinajstić information content (AvgIpc) is 2.56. The molecule has 0 saturated heterocycles. The fourth-order valence-electron chi connectivity index (χ4n) is 3.36. The summed E-state index contributed by atoms with van der Waals surface area (Å²) in [6, 6.07) is 0. The molecule has 1 rings (SSSR count). The summed E-state index contributed by atoms with van der Waals surface area (Å²) in [6.45, 7) is 13.9. The van der Waals surface area contributed by atoms with Crippen molar-refractivity contribution in [1.29, 1.82) is 0 Å². The second-order valence-corrected chi connectivity index (χ2v) is 7.10. The number of hydrogen-bond acceptors (Lipinski definition) is 2. The molecular weight excluding hydrogens is 282 g/mol. The van der Waals surface area contributed by atoms with Crippen molar-refractivity contribution in [2.45, 2.75) is 52.9 Å². The molecule has 0 aliphatic heterocycles. The van der Waals surface area contributed by atoms with Crippen LogP contribution in [0.3, 0.4) is 0 Å². The van der Waals surface area contributed by atoms with Crippen LogP contribution in [0.15, 0.2) is 36.5 Å². The summed E-state index contributed by atoms with van der Waals surface area (Å²) in [5.74, 6) is 2.06. The Labute approximate surface area is 144 Å². The van der Waals surface area contributed by atoms with Crippen LogP contribution in [0.2, 0.25) is 0 Å². The standard InChI is InChI=1S/C21H37NO/c1-5-19(6-2)9-8-18(4)16-22(14-15-23)17-21-12-10-20(7-3)11-13-21/h7,10,12-13,18-20,23H,3,5-6,8-9,11,14-17H2,1-2,4H3. The lowest BCUT2D eigenvalue weighted by Crippen LogP contribution is -2.33. The first kappa shape index (κ1) is 20.2. The number of aliphatic hydroxyl groups is 1. The number of allylic oxidation sites excluding steroid dienone is 3. The van der Waals surface area contributed by atoms with Gasteiger partial charge in [-0.15, -0.1) is 6.58 Å². The first-order valence-electron chi connectivity index (χ1n) is 9.45. The fraction of sp³-hybridized carbons (Fsp3) is 0.714. The molecule has 0 saturated carbocycles. The van der Waals surface area contributed by atoms with Gasteiger partial charge in [0.05, 0.1) is 6.61 Å². The van der Waals surface area contributed by atoms with E-state index < -0.39 is 0 Å². The van der Waals surface area contributed by atoms with Gasteiger partial charge in [0.1, 0.15) is 0 Å². The number of nitrogens with zero attached hydrogens (tertiary/aromatic N) is 1. The van der Waals surface area contributed by atoms with Gasteiger partial charge >= 0.3 is 0 Å². The molecule has 0 amide bonds. The fourth-order valence-corrected chi connectivity index (χ4v) is 3.36. The van der Waals surface area contributed by atoms with Crippen molar-refractivity contribution < 1.29 is 5.11 Å². The van der Waals surface area contributed by atoms with Gasteiger partial charge in [-0.25, -0.2) is 0 Å². The Balaban J connectivity index is 2.43. The quantitative estimate of drug-likeness (QED) is 0.521. The second-order valence-electron chi connectivity index (χ2n) is 7.10. The molecule has 0 aromatic heterocycles. The van der Waals surface area contributed by atoms with E-state index in [-0.39, 0.29) is 6.61 Å². The SMILES string of the molecule is C=CC1C=CC(CN(CCO)CC(C)CCC(CC)CC)=CC1. The molecule has 0 heterocycles. The Morgan fingerprint density at radius 3 is 2.61 bits per heavy atom. The zero-order valence-electron chi connectivity index (χ0n) is 15.5. The highest BCUT2D eigenvalue weighted by Crippen LogP contribution is 2.21. The van der Waals surface area contributed by atoms with E-state index in [1.165, 1.54) is 31.3 Å². The van der Waals surface area contributed by atoms with Crippen LogP contribution in [0.1, 0.15) is 52.9 Å². The molecular formula is C21H37NO. The molecule has 0 bridgehead atoms. The zero-order valence-corrected chi connectivity index (χ0v) is 15.5. The predicted molar refractivity (Wildman–Crippen MR) is 102 cm³/mol. The molecule has 2 unspecified atom stereocenters. The van der Waals surface area contributed by atoms with Crippen LogP contribution in [-0.2, 0) is 0 Å². The van der Waals surface area contributed by atoms with Crippen molar-refractivity contribution in [1.82, 2.24) is 4.90 Å². The van der Waals surface area contributed by atoms with Gasteiger partial charge in [0.15, 0.2) is 0 Å². The van der Waals surface area contributed by atoms with Crippen LogP contribution in [0.4, 0.5) is 0 Å². The van der Waals surface area contributed by atoms with Crippen molar-refractivity contribution in [3.63, 3.8) is 0 Å². The normalized spacial score (nSPS) is 19.2. The van der Waals surface area contributed by atoms with Crippen LogP contribution < -0.4 is 0 Å². The summed E-state index contributed by atoms with van der Waals surface area (Å²) in [5, 5.41) is 9.36. The van der Waals surface area contributed by atoms with Crippen molar-refractivity contribution in [2.75, 3.05) is 26.2 Å². The number of rotatable bonds is 12. The third-order valence-electron chi connectivity index (χ3n) is 5.13. The van der Waals surface area contributed by atoms with Gasteiger partial charge in [-0.3, -0.25) is 4.90 Å². The Bertz CT molecular complexity index is 381. The second kappa shape index (κ2) is 11.6. The first-order chi connectivity index (χ1) is 11.1. The maximum Gasteiger partial charge on any atom is 0.0558 e. The topological polar surface area (TPSA) is 23.5 Å². The minimum absolute atomic E-state index is 0.242. The zero-order chi connectivity index (χ0) is 17.1. The highest BCUT2D eigenvalue weighted by Gasteiger charge is 2.14. The van der Waals surface area contributed by atoms with Crippen molar-refractivity contribution in [3.05, 3.63) is 36.5 Å². The van der Waals surface area contributed by atoms with Crippen LogP contribution in [0, 0.1) is 17.8 Å². The van der Waals surface area contributed by atoms with Gasteiger partial charge in [0.25, 0.3) is 0 Å². The lowest BCUT2D eigenvalue weighted by molar-refractivity contribution is 0.183. The van der Waals surface area contributed by atoms with Gasteiger partial charge < -0.3 is 5.11 Å². The summed E-state index contributed by atoms with van der Waals surface area (Å²) in [6.07, 6.45) is 15.1. The summed E-state index contributed by atoms with van der Waals surface area (Å²) in [4.78, 5) is 2.40. The molecule has 2 nitrogen and oxygen atoms in total. The van der Waals surface area contributed by atoms with Gasteiger partial charge in [0.2, 0.25) is 0 Å². The third kappa shape index (κ3) is 7.99. The average molecular weight is 320 g/mol. The van der Waals surface area contributed by atoms with Gasteiger partial charge in [0, 0.05) is 19.6 Å². The molecule has 1 aliphatic carbocycles. The van der Waals surface area contributed by atoms with E-state index >= 15 is 0 Å². The maximum absolute atomic E-state index is 9.36. The highest BCUT2D eigenvalue weighted by molar-refractivity contribution is 5.26. The van der Waals surface area contributed by atoms with E-state index in [1.807, 2.05) is 6.08 Å². The molecule has 1 aliphatic rings. The number of hydrogen-bond donors (Lipinski definition) is 1. The summed E-state index contributed by atoms with van der Waals surface area (Å²) in [7, 11) is 0. The minimum Gasteiger partial charge on any atom is -0.395 e. The maximum atomic E-state index is 9.36. The summed E-state index contributed by atoms with van der Waals surface area (Å²) >= 11 is 0. The molecule has 0 aromatic rings. The lowest BCUT2D eigenvalue weighted by atomic mass is 9.92. The van der Waals surface area contributed by atoms with Crippen molar-refractivity contribution >= 4 is 0 Å². The van der Waals surface area contributed by atoms with Crippen molar-refractivity contribution in [3.8, 4) is 0 Å².